The minimum atomic E-state index is -1.68. The number of ether oxygens (including phenoxy) is 2. The lowest BCUT2D eigenvalue weighted by Gasteiger charge is -2.19. The first-order chi connectivity index (χ1) is 31.7. The number of carbonyl (C=O) groups is 6. The van der Waals surface area contributed by atoms with Crippen LogP contribution in [0.1, 0.15) is 59.5 Å². The summed E-state index contributed by atoms with van der Waals surface area (Å²) in [4.78, 5) is 79.2. The van der Waals surface area contributed by atoms with Gasteiger partial charge in [-0.1, -0.05) is 59.6 Å². The van der Waals surface area contributed by atoms with Crippen molar-refractivity contribution in [3.8, 4) is 11.5 Å². The number of alkyl halides is 2. The number of nitrogens with zero attached hydrogens (tertiary/aromatic N) is 4. The third kappa shape index (κ3) is 13.2. The molecule has 0 aliphatic carbocycles. The van der Waals surface area contributed by atoms with Crippen molar-refractivity contribution in [3.05, 3.63) is 129 Å². The van der Waals surface area contributed by atoms with Gasteiger partial charge in [-0.25, -0.2) is 0 Å². The fraction of sp³-hybridized carbons (Fsp3) is 0.217. The monoisotopic (exact) mass is 974 g/mol. The second-order valence-electron chi connectivity index (χ2n) is 14.0. The first kappa shape index (κ1) is 50.3. The first-order valence-corrected chi connectivity index (χ1v) is 21.9. The Hall–Kier alpha value is -6.72. The molecule has 342 valence electrons. The van der Waals surface area contributed by atoms with Gasteiger partial charge in [0.25, 0.3) is 23.6 Å². The van der Waals surface area contributed by atoms with Gasteiger partial charge in [0, 0.05) is 46.4 Å². The number of anilines is 4. The van der Waals surface area contributed by atoms with E-state index < -0.39 is 47.3 Å². The van der Waals surface area contributed by atoms with Gasteiger partial charge in [-0.05, 0) is 87.4 Å². The molecule has 4 amide bonds. The zero-order valence-electron chi connectivity index (χ0n) is 35.8. The molecule has 0 heterocycles. The Labute approximate surface area is 399 Å². The highest BCUT2D eigenvalue weighted by atomic mass is 35.5. The molecule has 0 aliphatic rings. The molecule has 0 radical (unpaired) electrons. The van der Waals surface area contributed by atoms with Crippen LogP contribution in [-0.2, 0) is 30.9 Å². The number of rotatable bonds is 20. The third-order valence-corrected chi connectivity index (χ3v) is 10.5. The van der Waals surface area contributed by atoms with Gasteiger partial charge in [0.1, 0.15) is 22.9 Å². The van der Waals surface area contributed by atoms with E-state index in [1.807, 2.05) is 0 Å². The van der Waals surface area contributed by atoms with E-state index in [0.717, 1.165) is 13.8 Å². The Kier molecular flexibility index (Phi) is 18.3. The smallest absolute Gasteiger partial charge is 0.258 e. The number of azo groups is 2. The van der Waals surface area contributed by atoms with Gasteiger partial charge in [0.05, 0.1) is 34.6 Å². The normalized spacial score (nSPS) is 12.0. The van der Waals surface area contributed by atoms with Gasteiger partial charge in [-0.3, -0.25) is 28.8 Å². The Morgan fingerprint density at radius 3 is 1.26 bits per heavy atom. The highest BCUT2D eigenvalue weighted by Crippen LogP contribution is 2.38. The number of Topliss-reactive ketones (excluding diaryl/α,β-unsaturated/α-hetero) is 2. The molecule has 0 aromatic heterocycles. The van der Waals surface area contributed by atoms with E-state index in [4.69, 9.17) is 55.9 Å². The molecule has 0 fully saturated rings. The van der Waals surface area contributed by atoms with Crippen molar-refractivity contribution in [2.24, 2.45) is 20.5 Å². The maximum absolute atomic E-state index is 13.7. The molecule has 4 N–H and O–H groups in total. The van der Waals surface area contributed by atoms with Crippen molar-refractivity contribution in [1.82, 2.24) is 0 Å². The van der Waals surface area contributed by atoms with E-state index in [0.29, 0.717) is 22.5 Å². The number of nitrogens with one attached hydrogen (secondary N) is 4. The van der Waals surface area contributed by atoms with Gasteiger partial charge < -0.3 is 30.7 Å². The summed E-state index contributed by atoms with van der Waals surface area (Å²) >= 11 is 24.8. The molecule has 5 aromatic carbocycles. The molecule has 0 saturated carbocycles. The molecule has 2 atom stereocenters. The molecule has 0 bridgehead atoms. The standard InChI is InChI=1S/C46H42Cl4N8O8/c1-5-65-39-21-38(54-46(64)42(26(4)60)58-56-36-20-28(16-18-32(36)50)44(62)52-34-14-10-8-12-30(34)24-48)40(66-6-2)22-37(39)53-45(63)41(25(3)59)57-55-35-19-27(15-17-31(35)49)43(61)51-33-13-9-7-11-29(33)23-47/h7-22,41-42H,5-6,23-24H2,1-4H3,(H,51,61)(H,52,62)(H,53,63)(H,54,64). The van der Waals surface area contributed by atoms with Crippen LogP contribution in [0.25, 0.3) is 0 Å². The second kappa shape index (κ2) is 24.0. The number of benzene rings is 5. The first-order valence-electron chi connectivity index (χ1n) is 20.0. The van der Waals surface area contributed by atoms with Crippen LogP contribution >= 0.6 is 46.4 Å². The van der Waals surface area contributed by atoms with Crippen LogP contribution in [-0.4, -0.2) is 60.5 Å². The summed E-state index contributed by atoms with van der Waals surface area (Å²) in [5, 5.41) is 27.1. The van der Waals surface area contributed by atoms with Crippen LogP contribution in [0.4, 0.5) is 34.1 Å². The summed E-state index contributed by atoms with van der Waals surface area (Å²) < 4.78 is 11.6. The van der Waals surface area contributed by atoms with E-state index in [1.54, 1.807) is 62.4 Å². The number of halogens is 4. The molecule has 0 saturated heterocycles. The van der Waals surface area contributed by atoms with Crippen molar-refractivity contribution in [2.45, 2.75) is 51.5 Å². The van der Waals surface area contributed by atoms with Crippen molar-refractivity contribution in [3.63, 3.8) is 0 Å². The largest absolute Gasteiger partial charge is 0.492 e. The molecule has 2 unspecified atom stereocenters. The highest BCUT2D eigenvalue weighted by Gasteiger charge is 2.28. The van der Waals surface area contributed by atoms with Crippen LogP contribution in [0, 0.1) is 0 Å². The Morgan fingerprint density at radius 1 is 0.530 bits per heavy atom. The fourth-order valence-corrected chi connectivity index (χ4v) is 6.73. The minimum Gasteiger partial charge on any atom is -0.492 e. The Morgan fingerprint density at radius 2 is 0.909 bits per heavy atom. The van der Waals surface area contributed by atoms with E-state index in [2.05, 4.69) is 41.7 Å². The number of ketones is 2. The average Bonchev–Trinajstić information content (AvgIpc) is 3.29. The quantitative estimate of drug-likeness (QED) is 0.0333. The van der Waals surface area contributed by atoms with Crippen LogP contribution < -0.4 is 30.7 Å². The lowest BCUT2D eigenvalue weighted by atomic mass is 10.1. The maximum atomic E-state index is 13.7. The third-order valence-electron chi connectivity index (χ3n) is 9.26. The van der Waals surface area contributed by atoms with E-state index in [9.17, 15) is 28.8 Å². The highest BCUT2D eigenvalue weighted by molar-refractivity contribution is 6.33. The summed E-state index contributed by atoms with van der Waals surface area (Å²) in [6, 6.07) is 21.9. The predicted molar refractivity (Wildman–Crippen MR) is 255 cm³/mol. The summed E-state index contributed by atoms with van der Waals surface area (Å²) in [6.07, 6.45) is 0. The molecule has 16 nitrogen and oxygen atoms in total. The maximum Gasteiger partial charge on any atom is 0.258 e. The summed E-state index contributed by atoms with van der Waals surface area (Å²) in [5.74, 6) is -3.74. The predicted octanol–water partition coefficient (Wildman–Crippen LogP) is 11.1. The van der Waals surface area contributed by atoms with Crippen LogP contribution in [0.2, 0.25) is 10.0 Å². The summed E-state index contributed by atoms with van der Waals surface area (Å²) in [6.45, 7) is 5.84. The second-order valence-corrected chi connectivity index (χ2v) is 15.3. The molecule has 5 aromatic rings. The summed E-state index contributed by atoms with van der Waals surface area (Å²) in [7, 11) is 0. The number of hydrogen-bond acceptors (Lipinski definition) is 12. The fourth-order valence-electron chi connectivity index (χ4n) is 5.95. The van der Waals surface area contributed by atoms with Gasteiger partial charge in [0.2, 0.25) is 12.1 Å². The van der Waals surface area contributed by atoms with Crippen LogP contribution in [0.15, 0.2) is 118 Å². The van der Waals surface area contributed by atoms with Crippen molar-refractivity contribution in [1.29, 1.82) is 0 Å². The van der Waals surface area contributed by atoms with Crippen LogP contribution in [0.3, 0.4) is 0 Å². The zero-order chi connectivity index (χ0) is 47.9. The average molecular weight is 977 g/mol. The topological polar surface area (TPSA) is 218 Å². The van der Waals surface area contributed by atoms with Gasteiger partial charge in [0.15, 0.2) is 11.6 Å². The number of para-hydroxylation sites is 2. The Bertz CT molecular complexity index is 2530. The molecule has 0 aliphatic heterocycles. The SMILES string of the molecule is CCOc1cc(NC(=O)C(N=Nc2cc(C(=O)Nc3ccccc3CCl)ccc2Cl)C(C)=O)c(OCC)cc1NC(=O)C(N=Nc1cc(C(=O)Nc2ccccc2CCl)ccc1Cl)C(C)=O. The minimum absolute atomic E-state index is 0.00970. The van der Waals surface area contributed by atoms with Crippen LogP contribution in [0.5, 0.6) is 11.5 Å². The van der Waals surface area contributed by atoms with E-state index in [-0.39, 0.29) is 80.4 Å². The lowest BCUT2D eigenvalue weighted by Crippen LogP contribution is -2.32. The molecule has 0 spiro atoms. The molecule has 5 rings (SSSR count). The Balaban J connectivity index is 1.35. The summed E-state index contributed by atoms with van der Waals surface area (Å²) in [5.41, 5.74) is 2.86. The molecule has 66 heavy (non-hydrogen) atoms. The van der Waals surface area contributed by atoms with Gasteiger partial charge >= 0.3 is 0 Å². The van der Waals surface area contributed by atoms with Gasteiger partial charge in [-0.2, -0.15) is 20.5 Å². The number of carbonyl (C=O) groups excluding carboxylic acids is 6. The van der Waals surface area contributed by atoms with E-state index in [1.165, 1.54) is 48.5 Å². The lowest BCUT2D eigenvalue weighted by molar-refractivity contribution is -0.127. The molecular weight excluding hydrogens is 934 g/mol. The van der Waals surface area contributed by atoms with Crippen molar-refractivity contribution >= 4 is 116 Å². The van der Waals surface area contributed by atoms with E-state index >= 15 is 0 Å². The zero-order valence-corrected chi connectivity index (χ0v) is 38.8. The van der Waals surface area contributed by atoms with Gasteiger partial charge in [-0.15, -0.1) is 23.2 Å². The molecule has 20 heteroatoms. The number of amides is 4. The van der Waals surface area contributed by atoms with Crippen molar-refractivity contribution in [2.75, 3.05) is 34.5 Å². The molecular formula is C46H42Cl4N8O8. The van der Waals surface area contributed by atoms with Crippen molar-refractivity contribution < 1.29 is 38.2 Å². The number of hydrogen-bond donors (Lipinski definition) is 4.